The lowest BCUT2D eigenvalue weighted by atomic mass is 10.1. The van der Waals surface area contributed by atoms with E-state index in [4.69, 9.17) is 0 Å². The molecule has 0 N–H and O–H groups in total. The average molecular weight is 442 g/mol. The molecule has 0 unspecified atom stereocenters. The highest BCUT2D eigenvalue weighted by Gasteiger charge is 2.30. The van der Waals surface area contributed by atoms with Crippen molar-refractivity contribution in [2.45, 2.75) is 6.92 Å². The van der Waals surface area contributed by atoms with Crippen LogP contribution in [0.4, 0.5) is 5.69 Å². The highest BCUT2D eigenvalue weighted by Crippen LogP contribution is 2.35. The van der Waals surface area contributed by atoms with E-state index in [9.17, 15) is 4.79 Å². The molecule has 0 spiro atoms. The summed E-state index contributed by atoms with van der Waals surface area (Å²) in [6.45, 7) is 5.61. The largest absolute Gasteiger partial charge is 0.368 e. The summed E-state index contributed by atoms with van der Waals surface area (Å²) in [4.78, 5) is 22.2. The summed E-state index contributed by atoms with van der Waals surface area (Å²) < 4.78 is 1.03. The average Bonchev–Trinajstić information content (AvgIpc) is 3.10. The lowest BCUT2D eigenvalue weighted by molar-refractivity contribution is -0.113. The van der Waals surface area contributed by atoms with Crippen LogP contribution in [0.2, 0.25) is 0 Å². The van der Waals surface area contributed by atoms with Crippen LogP contribution in [-0.4, -0.2) is 42.2 Å². The second-order valence-electron chi connectivity index (χ2n) is 6.57. The Morgan fingerprint density at radius 1 is 0.963 bits per heavy atom. The van der Waals surface area contributed by atoms with Crippen LogP contribution in [0.5, 0.6) is 0 Å². The summed E-state index contributed by atoms with van der Waals surface area (Å²) in [5.74, 6) is -0.124. The Balaban J connectivity index is 1.44. The number of para-hydroxylation sites is 1. The zero-order valence-electron chi connectivity index (χ0n) is 15.1. The summed E-state index contributed by atoms with van der Waals surface area (Å²) in [6, 6.07) is 18.5. The fourth-order valence-electron chi connectivity index (χ4n) is 3.29. The Labute approximate surface area is 172 Å². The normalized spacial score (nSPS) is 19.3. The highest BCUT2D eigenvalue weighted by atomic mass is 79.9. The SMILES string of the molecule is C/C(=C1/SC(N2CCN(c3ccccc3)CC2)=NC1=O)c1ccc(Br)cc1. The van der Waals surface area contributed by atoms with Crippen molar-refractivity contribution in [3.8, 4) is 0 Å². The number of nitrogens with zero attached hydrogens (tertiary/aromatic N) is 3. The fraction of sp³-hybridized carbons (Fsp3) is 0.238. The van der Waals surface area contributed by atoms with Crippen molar-refractivity contribution in [2.75, 3.05) is 31.1 Å². The van der Waals surface area contributed by atoms with Gasteiger partial charge in [0.15, 0.2) is 5.17 Å². The first-order valence-corrected chi connectivity index (χ1v) is 10.6. The quantitative estimate of drug-likeness (QED) is 0.636. The first-order valence-electron chi connectivity index (χ1n) is 8.94. The number of allylic oxidation sites excluding steroid dienone is 1. The van der Waals surface area contributed by atoms with E-state index >= 15 is 0 Å². The van der Waals surface area contributed by atoms with Gasteiger partial charge in [-0.1, -0.05) is 46.3 Å². The molecule has 2 aromatic carbocycles. The maximum absolute atomic E-state index is 12.5. The molecule has 2 aliphatic heterocycles. The standard InChI is InChI=1S/C21H20BrN3OS/c1-15(16-7-9-17(22)10-8-16)19-20(26)23-21(27-19)25-13-11-24(12-14-25)18-5-3-2-4-6-18/h2-10H,11-14H2,1H3/b19-15-. The van der Waals surface area contributed by atoms with Crippen LogP contribution in [-0.2, 0) is 4.79 Å². The van der Waals surface area contributed by atoms with Gasteiger partial charge in [-0.2, -0.15) is 4.99 Å². The summed E-state index contributed by atoms with van der Waals surface area (Å²) in [5, 5.41) is 0.833. The maximum Gasteiger partial charge on any atom is 0.286 e. The molecule has 4 nitrogen and oxygen atoms in total. The number of hydrogen-bond acceptors (Lipinski definition) is 4. The number of hydrogen-bond donors (Lipinski definition) is 0. The van der Waals surface area contributed by atoms with Crippen molar-refractivity contribution in [1.29, 1.82) is 0 Å². The molecule has 6 heteroatoms. The van der Waals surface area contributed by atoms with Gasteiger partial charge in [0, 0.05) is 36.3 Å². The van der Waals surface area contributed by atoms with Crippen molar-refractivity contribution < 1.29 is 4.79 Å². The lowest BCUT2D eigenvalue weighted by Gasteiger charge is -2.36. The molecule has 0 atom stereocenters. The molecule has 27 heavy (non-hydrogen) atoms. The van der Waals surface area contributed by atoms with Gasteiger partial charge in [0.1, 0.15) is 0 Å². The molecule has 0 aliphatic carbocycles. The number of amidine groups is 1. The van der Waals surface area contributed by atoms with Crippen molar-refractivity contribution in [1.82, 2.24) is 4.90 Å². The van der Waals surface area contributed by atoms with E-state index in [-0.39, 0.29) is 5.91 Å². The fourth-order valence-corrected chi connectivity index (χ4v) is 4.58. The summed E-state index contributed by atoms with van der Waals surface area (Å²) in [6.07, 6.45) is 0. The number of rotatable bonds is 2. The Hall–Kier alpha value is -2.05. The van der Waals surface area contributed by atoms with Gasteiger partial charge in [0.05, 0.1) is 4.91 Å². The number of carbonyl (C=O) groups is 1. The number of halogens is 1. The smallest absolute Gasteiger partial charge is 0.286 e. The number of piperazine rings is 1. The Bertz CT molecular complexity index is 901. The molecule has 0 radical (unpaired) electrons. The Morgan fingerprint density at radius 3 is 2.26 bits per heavy atom. The summed E-state index contributed by atoms with van der Waals surface area (Å²) >= 11 is 4.96. The molecule has 1 fully saturated rings. The molecular formula is C21H20BrN3OS. The maximum atomic E-state index is 12.5. The monoisotopic (exact) mass is 441 g/mol. The molecule has 0 bridgehead atoms. The lowest BCUT2D eigenvalue weighted by Crippen LogP contribution is -2.47. The molecular weight excluding hydrogens is 422 g/mol. The topological polar surface area (TPSA) is 35.9 Å². The van der Waals surface area contributed by atoms with Crippen LogP contribution in [0.25, 0.3) is 5.57 Å². The molecule has 2 heterocycles. The van der Waals surface area contributed by atoms with Gasteiger partial charge in [0.2, 0.25) is 0 Å². The predicted molar refractivity (Wildman–Crippen MR) is 117 cm³/mol. The number of amides is 1. The van der Waals surface area contributed by atoms with Crippen LogP contribution >= 0.6 is 27.7 Å². The molecule has 2 aromatic rings. The van der Waals surface area contributed by atoms with E-state index in [0.717, 1.165) is 51.9 Å². The van der Waals surface area contributed by atoms with Gasteiger partial charge in [-0.3, -0.25) is 4.79 Å². The summed E-state index contributed by atoms with van der Waals surface area (Å²) in [5.41, 5.74) is 3.29. The van der Waals surface area contributed by atoms with Gasteiger partial charge < -0.3 is 9.80 Å². The van der Waals surface area contributed by atoms with E-state index in [1.54, 1.807) is 0 Å². The van der Waals surface area contributed by atoms with Gasteiger partial charge in [-0.05, 0) is 54.1 Å². The molecule has 1 saturated heterocycles. The minimum Gasteiger partial charge on any atom is -0.368 e. The number of benzene rings is 2. The van der Waals surface area contributed by atoms with Gasteiger partial charge >= 0.3 is 0 Å². The van der Waals surface area contributed by atoms with Crippen LogP contribution < -0.4 is 4.90 Å². The Kier molecular flexibility index (Phi) is 5.36. The van der Waals surface area contributed by atoms with E-state index in [0.29, 0.717) is 0 Å². The Morgan fingerprint density at radius 2 is 1.59 bits per heavy atom. The molecule has 138 valence electrons. The highest BCUT2D eigenvalue weighted by molar-refractivity contribution is 9.10. The predicted octanol–water partition coefficient (Wildman–Crippen LogP) is 4.63. The minimum atomic E-state index is -0.124. The van der Waals surface area contributed by atoms with Crippen molar-refractivity contribution >= 4 is 50.0 Å². The van der Waals surface area contributed by atoms with Crippen molar-refractivity contribution in [3.05, 3.63) is 69.5 Å². The third-order valence-electron chi connectivity index (χ3n) is 4.87. The number of carbonyl (C=O) groups excluding carboxylic acids is 1. The third kappa shape index (κ3) is 3.96. The van der Waals surface area contributed by atoms with E-state index in [1.165, 1.54) is 17.4 Å². The molecule has 1 amide bonds. The van der Waals surface area contributed by atoms with Gasteiger partial charge in [-0.25, -0.2) is 0 Å². The number of aliphatic imine (C=N–C) groups is 1. The van der Waals surface area contributed by atoms with Gasteiger partial charge in [-0.15, -0.1) is 0 Å². The second kappa shape index (κ2) is 7.90. The third-order valence-corrected chi connectivity index (χ3v) is 6.62. The van der Waals surface area contributed by atoms with Crippen molar-refractivity contribution in [3.63, 3.8) is 0 Å². The second-order valence-corrected chi connectivity index (χ2v) is 8.47. The zero-order chi connectivity index (χ0) is 18.8. The number of thioether (sulfide) groups is 1. The first kappa shape index (κ1) is 18.3. The van der Waals surface area contributed by atoms with Crippen LogP contribution in [0.1, 0.15) is 12.5 Å². The first-order chi connectivity index (χ1) is 13.1. The van der Waals surface area contributed by atoms with E-state index in [2.05, 4.69) is 55.0 Å². The summed E-state index contributed by atoms with van der Waals surface area (Å²) in [7, 11) is 0. The van der Waals surface area contributed by atoms with Crippen LogP contribution in [0.15, 0.2) is 69.0 Å². The molecule has 4 rings (SSSR count). The van der Waals surface area contributed by atoms with Crippen LogP contribution in [0, 0.1) is 0 Å². The minimum absolute atomic E-state index is 0.124. The molecule has 0 saturated carbocycles. The van der Waals surface area contributed by atoms with Crippen molar-refractivity contribution in [2.24, 2.45) is 4.99 Å². The molecule has 2 aliphatic rings. The van der Waals surface area contributed by atoms with E-state index < -0.39 is 0 Å². The van der Waals surface area contributed by atoms with E-state index in [1.807, 2.05) is 37.3 Å². The number of anilines is 1. The van der Waals surface area contributed by atoms with Gasteiger partial charge in [0.25, 0.3) is 5.91 Å². The zero-order valence-corrected chi connectivity index (χ0v) is 17.5. The van der Waals surface area contributed by atoms with Crippen LogP contribution in [0.3, 0.4) is 0 Å². The molecule has 0 aromatic heterocycles.